The number of rotatable bonds is 7. The predicted octanol–water partition coefficient (Wildman–Crippen LogP) is 4.43. The van der Waals surface area contributed by atoms with E-state index in [0.717, 1.165) is 6.42 Å². The van der Waals surface area contributed by atoms with Crippen LogP contribution in [0.15, 0.2) is 29.6 Å². The van der Waals surface area contributed by atoms with E-state index in [0.29, 0.717) is 36.6 Å². The SMILES string of the molecule is O=C(O)c1csc([C@H]2CC[C@@H]3[C@@H](CCOc4ccc(OC(F)(F)F)cc4)[C@H](O)C[C@@H]3O2)n1. The molecule has 0 amide bonds. The number of fused-ring (bicyclic) bond motifs is 1. The Balaban J connectivity index is 1.28. The Morgan fingerprint density at radius 3 is 2.59 bits per heavy atom. The number of hydrogen-bond donors (Lipinski definition) is 2. The highest BCUT2D eigenvalue weighted by Crippen LogP contribution is 2.47. The summed E-state index contributed by atoms with van der Waals surface area (Å²) in [4.78, 5) is 15.2. The Kier molecular flexibility index (Phi) is 6.59. The second-order valence-electron chi connectivity index (χ2n) is 7.90. The van der Waals surface area contributed by atoms with Gasteiger partial charge in [-0.05, 0) is 55.4 Å². The molecule has 2 aromatic rings. The molecule has 1 aromatic heterocycles. The molecular weight excluding hydrogens is 451 g/mol. The fraction of sp³-hybridized carbons (Fsp3) is 0.524. The van der Waals surface area contributed by atoms with E-state index in [2.05, 4.69) is 9.72 Å². The zero-order valence-electron chi connectivity index (χ0n) is 16.8. The van der Waals surface area contributed by atoms with Gasteiger partial charge in [0.1, 0.15) is 22.6 Å². The molecule has 1 saturated heterocycles. The van der Waals surface area contributed by atoms with Crippen LogP contribution in [0.3, 0.4) is 0 Å². The topological polar surface area (TPSA) is 98.1 Å². The third-order valence-corrected chi connectivity index (χ3v) is 6.83. The molecule has 4 rings (SSSR count). The summed E-state index contributed by atoms with van der Waals surface area (Å²) in [6, 6.07) is 5.19. The van der Waals surface area contributed by atoms with E-state index in [4.69, 9.17) is 14.6 Å². The second kappa shape index (κ2) is 9.24. The monoisotopic (exact) mass is 473 g/mol. The highest BCUT2D eigenvalue weighted by atomic mass is 32.1. The molecule has 2 aliphatic rings. The highest BCUT2D eigenvalue weighted by molar-refractivity contribution is 7.09. The smallest absolute Gasteiger partial charge is 0.494 e. The van der Waals surface area contributed by atoms with Gasteiger partial charge in [0.05, 0.1) is 18.8 Å². The molecule has 0 spiro atoms. The number of thiazole rings is 1. The van der Waals surface area contributed by atoms with Crippen LogP contribution < -0.4 is 9.47 Å². The molecule has 174 valence electrons. The molecule has 1 aliphatic carbocycles. The third-order valence-electron chi connectivity index (χ3n) is 5.89. The second-order valence-corrected chi connectivity index (χ2v) is 8.79. The van der Waals surface area contributed by atoms with Gasteiger partial charge < -0.3 is 24.4 Å². The third kappa shape index (κ3) is 5.33. The summed E-state index contributed by atoms with van der Waals surface area (Å²) in [5, 5.41) is 21.7. The number of aliphatic hydroxyl groups is 1. The molecule has 1 aliphatic heterocycles. The minimum Gasteiger partial charge on any atom is -0.494 e. The fourth-order valence-electron chi connectivity index (χ4n) is 4.50. The quantitative estimate of drug-likeness (QED) is 0.614. The largest absolute Gasteiger partial charge is 0.573 e. The Labute approximate surface area is 185 Å². The van der Waals surface area contributed by atoms with Crippen LogP contribution in [-0.4, -0.2) is 46.3 Å². The molecule has 1 saturated carbocycles. The van der Waals surface area contributed by atoms with Gasteiger partial charge in [0.2, 0.25) is 0 Å². The van der Waals surface area contributed by atoms with Gasteiger partial charge in [0.15, 0.2) is 5.69 Å². The van der Waals surface area contributed by atoms with Gasteiger partial charge >= 0.3 is 12.3 Å². The first-order valence-electron chi connectivity index (χ1n) is 10.2. The van der Waals surface area contributed by atoms with Crippen molar-refractivity contribution in [2.45, 2.75) is 50.4 Å². The Hall–Kier alpha value is -2.37. The van der Waals surface area contributed by atoms with Crippen LogP contribution in [0.25, 0.3) is 0 Å². The van der Waals surface area contributed by atoms with Gasteiger partial charge in [-0.1, -0.05) is 0 Å². The van der Waals surface area contributed by atoms with Crippen molar-refractivity contribution < 1.29 is 42.4 Å². The maximum Gasteiger partial charge on any atom is 0.573 e. The summed E-state index contributed by atoms with van der Waals surface area (Å²) >= 11 is 1.26. The van der Waals surface area contributed by atoms with Crippen LogP contribution in [0.1, 0.15) is 47.3 Å². The summed E-state index contributed by atoms with van der Waals surface area (Å²) in [6.45, 7) is 0.308. The number of alkyl halides is 3. The number of carbonyl (C=O) groups is 1. The van der Waals surface area contributed by atoms with Gasteiger partial charge in [-0.25, -0.2) is 9.78 Å². The van der Waals surface area contributed by atoms with Gasteiger partial charge in [-0.15, -0.1) is 24.5 Å². The summed E-state index contributed by atoms with van der Waals surface area (Å²) in [6.07, 6.45) is -3.10. The maximum absolute atomic E-state index is 12.2. The summed E-state index contributed by atoms with van der Waals surface area (Å²) in [5.41, 5.74) is 0.00945. The molecule has 2 fully saturated rings. The predicted molar refractivity (Wildman–Crippen MR) is 107 cm³/mol. The van der Waals surface area contributed by atoms with Crippen molar-refractivity contribution in [3.63, 3.8) is 0 Å². The number of ether oxygens (including phenoxy) is 3. The number of aromatic carboxylic acids is 1. The molecule has 11 heteroatoms. The Morgan fingerprint density at radius 2 is 1.94 bits per heavy atom. The van der Waals surface area contributed by atoms with Crippen molar-refractivity contribution in [1.29, 1.82) is 0 Å². The zero-order valence-corrected chi connectivity index (χ0v) is 17.6. The standard InChI is InChI=1S/C21H22F3NO6S/c22-21(23,24)31-12-3-1-11(2-4-12)29-8-7-13-14-5-6-17(30-18(14)9-16(13)26)19-25-15(10-32-19)20(27)28/h1-4,10,13-14,16-18,26H,5-9H2,(H,27,28)/t13-,14-,16-,17-,18+/m1/s1. The van der Waals surface area contributed by atoms with E-state index in [9.17, 15) is 23.1 Å². The summed E-state index contributed by atoms with van der Waals surface area (Å²) < 4.78 is 52.3. The number of halogens is 3. The molecule has 2 heterocycles. The number of nitrogens with zero attached hydrogens (tertiary/aromatic N) is 1. The van der Waals surface area contributed by atoms with Crippen molar-refractivity contribution in [2.24, 2.45) is 11.8 Å². The number of hydrogen-bond acceptors (Lipinski definition) is 7. The van der Waals surface area contributed by atoms with E-state index < -0.39 is 18.4 Å². The highest BCUT2D eigenvalue weighted by Gasteiger charge is 2.46. The molecule has 0 unspecified atom stereocenters. The van der Waals surface area contributed by atoms with E-state index in [1.807, 2.05) is 0 Å². The van der Waals surface area contributed by atoms with Gasteiger partial charge in [-0.2, -0.15) is 0 Å². The van der Waals surface area contributed by atoms with E-state index in [1.54, 1.807) is 0 Å². The first-order chi connectivity index (χ1) is 15.2. The molecule has 32 heavy (non-hydrogen) atoms. The van der Waals surface area contributed by atoms with E-state index in [1.165, 1.54) is 41.0 Å². The maximum atomic E-state index is 12.2. The Bertz CT molecular complexity index is 934. The summed E-state index contributed by atoms with van der Waals surface area (Å²) in [7, 11) is 0. The lowest BCUT2D eigenvalue weighted by Gasteiger charge is -2.34. The molecule has 2 N–H and O–H groups in total. The minimum atomic E-state index is -4.74. The average molecular weight is 473 g/mol. The van der Waals surface area contributed by atoms with E-state index in [-0.39, 0.29) is 35.5 Å². The lowest BCUT2D eigenvalue weighted by molar-refractivity contribution is -0.274. The first kappa shape index (κ1) is 22.8. The van der Waals surface area contributed by atoms with Crippen LogP contribution in [0.5, 0.6) is 11.5 Å². The lowest BCUT2D eigenvalue weighted by atomic mass is 9.85. The number of carboxylic acids is 1. The first-order valence-corrected chi connectivity index (χ1v) is 11.1. The van der Waals surface area contributed by atoms with Crippen molar-refractivity contribution >= 4 is 17.3 Å². The van der Waals surface area contributed by atoms with Crippen LogP contribution >= 0.6 is 11.3 Å². The fourth-order valence-corrected chi connectivity index (χ4v) is 5.36. The Morgan fingerprint density at radius 1 is 1.22 bits per heavy atom. The number of carboxylic acid groups (broad SMARTS) is 1. The number of aliphatic hydroxyl groups excluding tert-OH is 1. The van der Waals surface area contributed by atoms with Crippen molar-refractivity contribution in [3.8, 4) is 11.5 Å². The van der Waals surface area contributed by atoms with Crippen molar-refractivity contribution in [1.82, 2.24) is 4.98 Å². The van der Waals surface area contributed by atoms with Gasteiger partial charge in [0.25, 0.3) is 0 Å². The summed E-state index contributed by atoms with van der Waals surface area (Å²) in [5.74, 6) is -0.823. The van der Waals surface area contributed by atoms with Crippen LogP contribution in [0.2, 0.25) is 0 Å². The molecule has 7 nitrogen and oxygen atoms in total. The molecule has 0 bridgehead atoms. The number of aromatic nitrogens is 1. The van der Waals surface area contributed by atoms with Crippen molar-refractivity contribution in [3.05, 3.63) is 40.3 Å². The minimum absolute atomic E-state index is 0.00945. The van der Waals surface area contributed by atoms with Crippen molar-refractivity contribution in [2.75, 3.05) is 6.61 Å². The van der Waals surface area contributed by atoms with E-state index >= 15 is 0 Å². The molecule has 0 radical (unpaired) electrons. The molecule has 1 aromatic carbocycles. The number of benzene rings is 1. The lowest BCUT2D eigenvalue weighted by Crippen LogP contribution is -2.31. The van der Waals surface area contributed by atoms with Gasteiger partial charge in [-0.3, -0.25) is 0 Å². The van der Waals surface area contributed by atoms with Crippen LogP contribution in [-0.2, 0) is 4.74 Å². The molecule has 5 atom stereocenters. The molecular formula is C21H22F3NO6S. The van der Waals surface area contributed by atoms with Gasteiger partial charge in [0, 0.05) is 11.8 Å². The van der Waals surface area contributed by atoms with Crippen LogP contribution in [0, 0.1) is 11.8 Å². The zero-order chi connectivity index (χ0) is 22.9. The normalized spacial score (nSPS) is 27.7. The van der Waals surface area contributed by atoms with Crippen LogP contribution in [0.4, 0.5) is 13.2 Å². The average Bonchev–Trinajstić information content (AvgIpc) is 3.33.